The molecule has 1 aromatic carbocycles. The molecule has 1 saturated carbocycles. The van der Waals surface area contributed by atoms with E-state index in [1.807, 2.05) is 38.1 Å². The van der Waals surface area contributed by atoms with Gasteiger partial charge in [0.2, 0.25) is 0 Å². The van der Waals surface area contributed by atoms with Crippen molar-refractivity contribution < 1.29 is 19.1 Å². The minimum absolute atomic E-state index is 0.0456. The van der Waals surface area contributed by atoms with Crippen molar-refractivity contribution in [2.24, 2.45) is 5.41 Å². The van der Waals surface area contributed by atoms with Crippen LogP contribution in [0, 0.1) is 5.41 Å². The van der Waals surface area contributed by atoms with Gasteiger partial charge in [0.05, 0.1) is 18.1 Å². The van der Waals surface area contributed by atoms with Crippen LogP contribution in [0.25, 0.3) is 0 Å². The summed E-state index contributed by atoms with van der Waals surface area (Å²) in [6, 6.07) is 7.75. The van der Waals surface area contributed by atoms with Crippen molar-refractivity contribution in [1.29, 1.82) is 0 Å². The molecule has 172 valence electrons. The number of Topliss-reactive ketones (excluding diaryl/α,β-unsaturated/α-hetero) is 1. The van der Waals surface area contributed by atoms with Crippen molar-refractivity contribution in [3.63, 3.8) is 0 Å². The van der Waals surface area contributed by atoms with E-state index in [0.29, 0.717) is 29.9 Å². The highest BCUT2D eigenvalue weighted by Gasteiger charge is 2.44. The van der Waals surface area contributed by atoms with Gasteiger partial charge in [0.15, 0.2) is 5.78 Å². The van der Waals surface area contributed by atoms with Crippen LogP contribution in [0.3, 0.4) is 0 Å². The Kier molecular flexibility index (Phi) is 6.45. The number of carbonyl (C=O) groups is 2. The van der Waals surface area contributed by atoms with E-state index in [1.165, 1.54) is 6.42 Å². The van der Waals surface area contributed by atoms with Crippen LogP contribution in [-0.2, 0) is 14.3 Å². The van der Waals surface area contributed by atoms with Crippen molar-refractivity contribution in [2.75, 3.05) is 6.61 Å². The third kappa shape index (κ3) is 4.48. The fraction of sp³-hybridized carbons (Fsp3) is 0.556. The molecule has 0 spiro atoms. The van der Waals surface area contributed by atoms with E-state index in [0.717, 1.165) is 49.1 Å². The SMILES string of the molecule is CCOc1ccccc1[C@@H]1C(C(=O)OC2CCCCC2)=C(C)NC2=C1C(=O)CC(C)(C)C2. The molecule has 4 rings (SSSR count). The normalized spacial score (nSPS) is 23.5. The van der Waals surface area contributed by atoms with Gasteiger partial charge in [0.25, 0.3) is 0 Å². The minimum atomic E-state index is -0.478. The Morgan fingerprint density at radius 1 is 1.12 bits per heavy atom. The molecule has 0 aromatic heterocycles. The highest BCUT2D eigenvalue weighted by atomic mass is 16.5. The standard InChI is InChI=1S/C27H35NO4/c1-5-31-22-14-10-9-13-19(22)24-23(26(30)32-18-11-7-6-8-12-18)17(2)28-20-15-27(3,4)16-21(29)25(20)24/h9-10,13-14,18,24,28H,5-8,11-12,15-16H2,1-4H3/t24-/m1/s1. The lowest BCUT2D eigenvalue weighted by Gasteiger charge is -2.40. The Morgan fingerprint density at radius 2 is 1.84 bits per heavy atom. The van der Waals surface area contributed by atoms with Crippen LogP contribution >= 0.6 is 0 Å². The Hall–Kier alpha value is -2.56. The summed E-state index contributed by atoms with van der Waals surface area (Å²) in [6.45, 7) is 8.61. The van der Waals surface area contributed by atoms with Gasteiger partial charge in [-0.25, -0.2) is 4.79 Å². The van der Waals surface area contributed by atoms with Gasteiger partial charge in [0, 0.05) is 29.0 Å². The van der Waals surface area contributed by atoms with Gasteiger partial charge in [-0.05, 0) is 57.4 Å². The molecule has 1 heterocycles. The number of allylic oxidation sites excluding steroid dienone is 3. The van der Waals surface area contributed by atoms with Crippen LogP contribution in [0.2, 0.25) is 0 Å². The summed E-state index contributed by atoms with van der Waals surface area (Å²) in [5.74, 6) is 0.00810. The number of carbonyl (C=O) groups excluding carboxylic acids is 2. The molecule has 0 bridgehead atoms. The molecule has 32 heavy (non-hydrogen) atoms. The summed E-state index contributed by atoms with van der Waals surface area (Å²) in [7, 11) is 0. The van der Waals surface area contributed by atoms with Crippen LogP contribution in [0.5, 0.6) is 5.75 Å². The second kappa shape index (κ2) is 9.13. The number of ketones is 1. The van der Waals surface area contributed by atoms with E-state index in [-0.39, 0.29) is 23.3 Å². The number of rotatable bonds is 5. The topological polar surface area (TPSA) is 64.6 Å². The van der Waals surface area contributed by atoms with Gasteiger partial charge in [-0.1, -0.05) is 38.5 Å². The number of hydrogen-bond donors (Lipinski definition) is 1. The average molecular weight is 438 g/mol. The highest BCUT2D eigenvalue weighted by molar-refractivity contribution is 6.04. The molecule has 5 nitrogen and oxygen atoms in total. The number of hydrogen-bond acceptors (Lipinski definition) is 5. The first-order valence-electron chi connectivity index (χ1n) is 12.0. The highest BCUT2D eigenvalue weighted by Crippen LogP contribution is 2.48. The molecule has 2 aliphatic carbocycles. The number of benzene rings is 1. The molecule has 1 atom stereocenters. The Morgan fingerprint density at radius 3 is 2.56 bits per heavy atom. The second-order valence-electron chi connectivity index (χ2n) is 10.1. The predicted octanol–water partition coefficient (Wildman–Crippen LogP) is 5.57. The molecule has 0 amide bonds. The Bertz CT molecular complexity index is 966. The fourth-order valence-corrected chi connectivity index (χ4v) is 5.42. The largest absolute Gasteiger partial charge is 0.494 e. The quantitative estimate of drug-likeness (QED) is 0.611. The zero-order valence-corrected chi connectivity index (χ0v) is 19.8. The Balaban J connectivity index is 1.80. The summed E-state index contributed by atoms with van der Waals surface area (Å²) in [4.78, 5) is 27.0. The molecule has 0 radical (unpaired) electrons. The van der Waals surface area contributed by atoms with E-state index in [2.05, 4.69) is 19.2 Å². The lowest BCUT2D eigenvalue weighted by molar-refractivity contribution is -0.146. The molecule has 0 saturated heterocycles. The maximum absolute atomic E-state index is 13.5. The van der Waals surface area contributed by atoms with Gasteiger partial charge < -0.3 is 14.8 Å². The van der Waals surface area contributed by atoms with E-state index in [1.54, 1.807) is 0 Å². The number of nitrogens with one attached hydrogen (secondary N) is 1. The molecular weight excluding hydrogens is 402 g/mol. The third-order valence-corrected chi connectivity index (χ3v) is 6.82. The number of esters is 1. The zero-order valence-electron chi connectivity index (χ0n) is 19.8. The van der Waals surface area contributed by atoms with Crippen LogP contribution in [0.4, 0.5) is 0 Å². The van der Waals surface area contributed by atoms with Crippen LogP contribution in [0.1, 0.15) is 84.1 Å². The lowest BCUT2D eigenvalue weighted by Crippen LogP contribution is -2.39. The third-order valence-electron chi connectivity index (χ3n) is 6.82. The van der Waals surface area contributed by atoms with E-state index in [4.69, 9.17) is 9.47 Å². The summed E-state index contributed by atoms with van der Waals surface area (Å²) in [5.41, 5.74) is 3.66. The fourth-order valence-electron chi connectivity index (χ4n) is 5.42. The minimum Gasteiger partial charge on any atom is -0.494 e. The summed E-state index contributed by atoms with van der Waals surface area (Å²) in [5, 5.41) is 3.42. The first-order chi connectivity index (χ1) is 15.3. The van der Waals surface area contributed by atoms with E-state index >= 15 is 0 Å². The van der Waals surface area contributed by atoms with Crippen LogP contribution in [-0.4, -0.2) is 24.5 Å². The molecule has 0 unspecified atom stereocenters. The van der Waals surface area contributed by atoms with Gasteiger partial charge in [0.1, 0.15) is 11.9 Å². The van der Waals surface area contributed by atoms with E-state index < -0.39 is 5.92 Å². The summed E-state index contributed by atoms with van der Waals surface area (Å²) in [6.07, 6.45) is 6.38. The van der Waals surface area contributed by atoms with Gasteiger partial charge in [-0.2, -0.15) is 0 Å². The molecule has 1 fully saturated rings. The second-order valence-corrected chi connectivity index (χ2v) is 10.1. The molecule has 1 N–H and O–H groups in total. The lowest BCUT2D eigenvalue weighted by atomic mass is 9.68. The van der Waals surface area contributed by atoms with Crippen molar-refractivity contribution in [1.82, 2.24) is 5.32 Å². The zero-order chi connectivity index (χ0) is 22.9. The van der Waals surface area contributed by atoms with Crippen molar-refractivity contribution in [3.8, 4) is 5.75 Å². The van der Waals surface area contributed by atoms with E-state index in [9.17, 15) is 9.59 Å². The first-order valence-corrected chi connectivity index (χ1v) is 12.0. The van der Waals surface area contributed by atoms with Crippen molar-refractivity contribution in [3.05, 3.63) is 52.4 Å². The smallest absolute Gasteiger partial charge is 0.337 e. The van der Waals surface area contributed by atoms with Crippen molar-refractivity contribution in [2.45, 2.75) is 84.7 Å². The predicted molar refractivity (Wildman–Crippen MR) is 124 cm³/mol. The monoisotopic (exact) mass is 437 g/mol. The maximum Gasteiger partial charge on any atom is 0.337 e. The molecular formula is C27H35NO4. The molecule has 5 heteroatoms. The van der Waals surface area contributed by atoms with Gasteiger partial charge in [-0.3, -0.25) is 4.79 Å². The maximum atomic E-state index is 13.5. The molecule has 1 aromatic rings. The van der Waals surface area contributed by atoms with Crippen LogP contribution in [0.15, 0.2) is 46.8 Å². The summed E-state index contributed by atoms with van der Waals surface area (Å²) < 4.78 is 11.9. The summed E-state index contributed by atoms with van der Waals surface area (Å²) >= 11 is 0. The number of para-hydroxylation sites is 1. The van der Waals surface area contributed by atoms with Gasteiger partial charge in [-0.15, -0.1) is 0 Å². The van der Waals surface area contributed by atoms with Crippen molar-refractivity contribution >= 4 is 11.8 Å². The number of ether oxygens (including phenoxy) is 2. The van der Waals surface area contributed by atoms with Crippen LogP contribution < -0.4 is 10.1 Å². The Labute approximate surface area is 191 Å². The average Bonchev–Trinajstić information content (AvgIpc) is 2.73. The number of dihydropyridines is 1. The first kappa shape index (κ1) is 22.6. The van der Waals surface area contributed by atoms with Gasteiger partial charge >= 0.3 is 5.97 Å². The molecule has 1 aliphatic heterocycles. The molecule has 3 aliphatic rings.